The Morgan fingerprint density at radius 3 is 2.54 bits per heavy atom. The predicted molar refractivity (Wildman–Crippen MR) is 114 cm³/mol. The fraction of sp³-hybridized carbons (Fsp3) is 0.500. The highest BCUT2D eigenvalue weighted by Gasteiger charge is 2.24. The number of anilines is 2. The molecule has 1 aromatic heterocycles. The van der Waals surface area contributed by atoms with Crippen LogP contribution < -0.4 is 20.9 Å². The molecular formula is C22H32N4O2. The Bertz CT molecular complexity index is 814. The van der Waals surface area contributed by atoms with Gasteiger partial charge in [-0.2, -0.15) is 0 Å². The minimum Gasteiger partial charge on any atom is -0.493 e. The molecule has 0 amide bonds. The van der Waals surface area contributed by atoms with E-state index in [1.165, 1.54) is 11.1 Å². The van der Waals surface area contributed by atoms with Gasteiger partial charge in [0.25, 0.3) is 0 Å². The first-order valence-electron chi connectivity index (χ1n) is 9.95. The fourth-order valence-electron chi connectivity index (χ4n) is 4.01. The maximum absolute atomic E-state index is 6.21. The second kappa shape index (κ2) is 8.69. The molecule has 3 rings (SSSR count). The number of pyridine rings is 1. The van der Waals surface area contributed by atoms with Crippen LogP contribution in [0, 0.1) is 6.92 Å². The molecule has 6 nitrogen and oxygen atoms in total. The van der Waals surface area contributed by atoms with E-state index in [9.17, 15) is 0 Å². The summed E-state index contributed by atoms with van der Waals surface area (Å²) in [6, 6.07) is 6.20. The van der Waals surface area contributed by atoms with Crippen molar-refractivity contribution < 1.29 is 9.47 Å². The third-order valence-electron chi connectivity index (χ3n) is 5.43. The smallest absolute Gasteiger partial charge is 0.161 e. The van der Waals surface area contributed by atoms with Gasteiger partial charge in [0.15, 0.2) is 11.5 Å². The van der Waals surface area contributed by atoms with Gasteiger partial charge in [-0.15, -0.1) is 0 Å². The number of nitrogen functional groups attached to an aromatic ring is 2. The number of aromatic nitrogens is 1. The van der Waals surface area contributed by atoms with Gasteiger partial charge >= 0.3 is 0 Å². The van der Waals surface area contributed by atoms with Gasteiger partial charge in [-0.25, -0.2) is 4.98 Å². The summed E-state index contributed by atoms with van der Waals surface area (Å²) in [6.07, 6.45) is 3.94. The lowest BCUT2D eigenvalue weighted by atomic mass is 9.86. The Morgan fingerprint density at radius 2 is 1.89 bits per heavy atom. The standard InChI is InChI=1S/C22H32N4O2/c1-14(2)28-20-11-16(5-6-19(20)27-4)13-26-9-7-17(8-10-26)21-15(3)22(24)25-12-18(21)23/h5-6,11-12,14,17H,7-10,13,23H2,1-4H3,(H2,24,25). The number of benzene rings is 1. The van der Waals surface area contributed by atoms with Crippen LogP contribution in [0.2, 0.25) is 0 Å². The molecule has 1 aromatic carbocycles. The highest BCUT2D eigenvalue weighted by atomic mass is 16.5. The van der Waals surface area contributed by atoms with Crippen LogP contribution in [0.5, 0.6) is 11.5 Å². The van der Waals surface area contributed by atoms with E-state index in [4.69, 9.17) is 20.9 Å². The average Bonchev–Trinajstić information content (AvgIpc) is 2.66. The molecular weight excluding hydrogens is 352 g/mol. The van der Waals surface area contributed by atoms with Crippen LogP contribution in [0.4, 0.5) is 11.5 Å². The largest absolute Gasteiger partial charge is 0.493 e. The zero-order valence-corrected chi connectivity index (χ0v) is 17.4. The molecule has 152 valence electrons. The third kappa shape index (κ3) is 4.50. The number of methoxy groups -OCH3 is 1. The van der Waals surface area contributed by atoms with E-state index in [0.29, 0.717) is 11.7 Å². The molecule has 2 aromatic rings. The SMILES string of the molecule is COc1ccc(CN2CCC(c3c(N)cnc(N)c3C)CC2)cc1OC(C)C. The summed E-state index contributed by atoms with van der Waals surface area (Å²) in [5.74, 6) is 2.61. The lowest BCUT2D eigenvalue weighted by Gasteiger charge is -2.33. The number of ether oxygens (including phenoxy) is 2. The number of rotatable bonds is 6. The monoisotopic (exact) mass is 384 g/mol. The minimum atomic E-state index is 0.112. The normalized spacial score (nSPS) is 15.8. The second-order valence-corrected chi connectivity index (χ2v) is 7.84. The maximum Gasteiger partial charge on any atom is 0.161 e. The predicted octanol–water partition coefficient (Wildman–Crippen LogP) is 3.73. The van der Waals surface area contributed by atoms with Crippen LogP contribution in [0.1, 0.15) is 49.3 Å². The summed E-state index contributed by atoms with van der Waals surface area (Å²) in [5, 5.41) is 0. The van der Waals surface area contributed by atoms with E-state index in [1.807, 2.05) is 26.8 Å². The molecule has 1 aliphatic rings. The molecule has 0 aliphatic carbocycles. The van der Waals surface area contributed by atoms with Gasteiger partial charge < -0.3 is 20.9 Å². The van der Waals surface area contributed by atoms with Gasteiger partial charge in [0.05, 0.1) is 25.1 Å². The average molecular weight is 385 g/mol. The van der Waals surface area contributed by atoms with Crippen LogP contribution in [-0.2, 0) is 6.54 Å². The first-order valence-corrected chi connectivity index (χ1v) is 9.95. The molecule has 2 heterocycles. The van der Waals surface area contributed by atoms with Crippen LogP contribution in [0.25, 0.3) is 0 Å². The van der Waals surface area contributed by atoms with Gasteiger partial charge in [-0.3, -0.25) is 4.90 Å². The number of hydrogen-bond acceptors (Lipinski definition) is 6. The summed E-state index contributed by atoms with van der Waals surface area (Å²) in [7, 11) is 1.67. The van der Waals surface area contributed by atoms with Gasteiger partial charge in [0.1, 0.15) is 5.82 Å². The number of likely N-dealkylation sites (tertiary alicyclic amines) is 1. The molecule has 0 saturated carbocycles. The van der Waals surface area contributed by atoms with Crippen molar-refractivity contribution in [3.63, 3.8) is 0 Å². The lowest BCUT2D eigenvalue weighted by molar-refractivity contribution is 0.203. The quantitative estimate of drug-likeness (QED) is 0.789. The molecule has 6 heteroatoms. The molecule has 0 radical (unpaired) electrons. The summed E-state index contributed by atoms with van der Waals surface area (Å²) in [5.41, 5.74) is 16.4. The highest BCUT2D eigenvalue weighted by Crippen LogP contribution is 2.36. The molecule has 0 unspecified atom stereocenters. The van der Waals surface area contributed by atoms with E-state index in [-0.39, 0.29) is 6.10 Å². The van der Waals surface area contributed by atoms with Gasteiger partial charge in [-0.05, 0) is 81.4 Å². The molecule has 28 heavy (non-hydrogen) atoms. The zero-order valence-electron chi connectivity index (χ0n) is 17.4. The van der Waals surface area contributed by atoms with Gasteiger partial charge in [-0.1, -0.05) is 6.07 Å². The summed E-state index contributed by atoms with van der Waals surface area (Å²) in [4.78, 5) is 6.65. The van der Waals surface area contributed by atoms with Crippen LogP contribution in [0.3, 0.4) is 0 Å². The molecule has 4 N–H and O–H groups in total. The summed E-state index contributed by atoms with van der Waals surface area (Å²) < 4.78 is 11.3. The first kappa shape index (κ1) is 20.3. The highest BCUT2D eigenvalue weighted by molar-refractivity contribution is 5.58. The number of nitrogens with two attached hydrogens (primary N) is 2. The van der Waals surface area contributed by atoms with E-state index >= 15 is 0 Å². The van der Waals surface area contributed by atoms with E-state index in [2.05, 4.69) is 22.0 Å². The van der Waals surface area contributed by atoms with Crippen molar-refractivity contribution in [3.05, 3.63) is 41.1 Å². The van der Waals surface area contributed by atoms with Crippen LogP contribution in [-0.4, -0.2) is 36.2 Å². The Kier molecular flexibility index (Phi) is 6.29. The lowest BCUT2D eigenvalue weighted by Crippen LogP contribution is -2.33. The van der Waals surface area contributed by atoms with Crippen molar-refractivity contribution in [1.82, 2.24) is 9.88 Å². The zero-order chi connectivity index (χ0) is 20.3. The number of piperidine rings is 1. The van der Waals surface area contributed by atoms with Crippen molar-refractivity contribution in [3.8, 4) is 11.5 Å². The van der Waals surface area contributed by atoms with Crippen LogP contribution >= 0.6 is 0 Å². The molecule has 1 fully saturated rings. The van der Waals surface area contributed by atoms with Crippen molar-refractivity contribution in [2.75, 3.05) is 31.7 Å². The molecule has 0 spiro atoms. The Hall–Kier alpha value is -2.47. The van der Waals surface area contributed by atoms with Gasteiger partial charge in [0.2, 0.25) is 0 Å². The Morgan fingerprint density at radius 1 is 1.18 bits per heavy atom. The maximum atomic E-state index is 6.21. The van der Waals surface area contributed by atoms with E-state index in [0.717, 1.165) is 55.2 Å². The third-order valence-corrected chi connectivity index (χ3v) is 5.43. The summed E-state index contributed by atoms with van der Waals surface area (Å²) in [6.45, 7) is 9.02. The Balaban J connectivity index is 1.66. The molecule has 0 bridgehead atoms. The van der Waals surface area contributed by atoms with E-state index in [1.54, 1.807) is 13.3 Å². The summed E-state index contributed by atoms with van der Waals surface area (Å²) >= 11 is 0. The van der Waals surface area contributed by atoms with Crippen molar-refractivity contribution in [2.45, 2.75) is 52.2 Å². The minimum absolute atomic E-state index is 0.112. The Labute approximate surface area is 167 Å². The van der Waals surface area contributed by atoms with Crippen molar-refractivity contribution in [1.29, 1.82) is 0 Å². The second-order valence-electron chi connectivity index (χ2n) is 7.84. The molecule has 1 aliphatic heterocycles. The van der Waals surface area contributed by atoms with Crippen molar-refractivity contribution in [2.24, 2.45) is 0 Å². The number of hydrogen-bond donors (Lipinski definition) is 2. The molecule has 1 saturated heterocycles. The fourth-order valence-corrected chi connectivity index (χ4v) is 4.01. The van der Waals surface area contributed by atoms with Crippen LogP contribution in [0.15, 0.2) is 24.4 Å². The molecule has 0 atom stereocenters. The van der Waals surface area contributed by atoms with Gasteiger partial charge in [0, 0.05) is 6.54 Å². The number of nitrogens with zero attached hydrogens (tertiary/aromatic N) is 2. The van der Waals surface area contributed by atoms with Crippen molar-refractivity contribution >= 4 is 11.5 Å². The topological polar surface area (TPSA) is 86.6 Å². The van der Waals surface area contributed by atoms with E-state index < -0.39 is 0 Å². The first-order chi connectivity index (χ1) is 13.4.